The van der Waals surface area contributed by atoms with Gasteiger partial charge in [-0.2, -0.15) is 0 Å². The van der Waals surface area contributed by atoms with Crippen molar-refractivity contribution in [1.29, 1.82) is 0 Å². The monoisotopic (exact) mass is 311 g/mol. The Balaban J connectivity index is 1.65. The van der Waals surface area contributed by atoms with Crippen LogP contribution in [0.25, 0.3) is 0 Å². The Morgan fingerprint density at radius 3 is 2.95 bits per heavy atom. The van der Waals surface area contributed by atoms with E-state index in [1.54, 1.807) is 0 Å². The fourth-order valence-electron chi connectivity index (χ4n) is 2.95. The Hall–Kier alpha value is -0.970. The SMILES string of the molecule is OC1CCCN(CCc2cc(Cl)c3c(c2)OCCCO3)C1. The summed E-state index contributed by atoms with van der Waals surface area (Å²) in [4.78, 5) is 2.31. The zero-order valence-corrected chi connectivity index (χ0v) is 12.9. The highest BCUT2D eigenvalue weighted by Gasteiger charge is 2.19. The number of rotatable bonds is 3. The summed E-state index contributed by atoms with van der Waals surface area (Å²) in [6.07, 6.45) is 3.61. The molecule has 1 unspecified atom stereocenters. The standard InChI is InChI=1S/C16H22ClNO3/c17-14-9-12(4-6-18-5-1-3-13(19)11-18)10-15-16(14)21-8-2-7-20-15/h9-10,13,19H,1-8,11H2. The number of β-amino-alcohol motifs (C(OH)–C–C–N with tert-alkyl or cyclic N) is 1. The summed E-state index contributed by atoms with van der Waals surface area (Å²) >= 11 is 6.31. The Kier molecular flexibility index (Phi) is 4.88. The number of hydrogen-bond acceptors (Lipinski definition) is 4. The normalized spacial score (nSPS) is 22.9. The average molecular weight is 312 g/mol. The molecule has 4 nitrogen and oxygen atoms in total. The summed E-state index contributed by atoms with van der Waals surface area (Å²) in [7, 11) is 0. The number of hydrogen-bond donors (Lipinski definition) is 1. The molecule has 2 aliphatic heterocycles. The van der Waals surface area contributed by atoms with Crippen LogP contribution in [0.5, 0.6) is 11.5 Å². The van der Waals surface area contributed by atoms with Crippen LogP contribution in [0.3, 0.4) is 0 Å². The van der Waals surface area contributed by atoms with Gasteiger partial charge in [0.2, 0.25) is 0 Å². The lowest BCUT2D eigenvalue weighted by molar-refractivity contribution is 0.0714. The van der Waals surface area contributed by atoms with E-state index in [9.17, 15) is 5.11 Å². The third kappa shape index (κ3) is 3.82. The zero-order valence-electron chi connectivity index (χ0n) is 12.2. The first kappa shape index (κ1) is 14.9. The van der Waals surface area contributed by atoms with Crippen LogP contribution in [0, 0.1) is 0 Å². The quantitative estimate of drug-likeness (QED) is 0.931. The number of halogens is 1. The number of likely N-dealkylation sites (tertiary alicyclic amines) is 1. The molecule has 1 aromatic rings. The molecule has 0 radical (unpaired) electrons. The second-order valence-electron chi connectivity index (χ2n) is 5.80. The van der Waals surface area contributed by atoms with Gasteiger partial charge in [-0.15, -0.1) is 0 Å². The number of benzene rings is 1. The summed E-state index contributed by atoms with van der Waals surface area (Å²) in [5.41, 5.74) is 1.16. The van der Waals surface area contributed by atoms with E-state index in [0.29, 0.717) is 24.0 Å². The smallest absolute Gasteiger partial charge is 0.179 e. The summed E-state index contributed by atoms with van der Waals surface area (Å²) in [5, 5.41) is 10.3. The number of piperidine rings is 1. The maximum atomic E-state index is 9.71. The Morgan fingerprint density at radius 1 is 1.24 bits per heavy atom. The van der Waals surface area contributed by atoms with Gasteiger partial charge in [-0.05, 0) is 43.5 Å². The molecule has 3 rings (SSSR count). The number of ether oxygens (including phenoxy) is 2. The van der Waals surface area contributed by atoms with E-state index in [4.69, 9.17) is 21.1 Å². The number of aliphatic hydroxyl groups is 1. The van der Waals surface area contributed by atoms with Crippen molar-refractivity contribution in [3.8, 4) is 11.5 Å². The number of nitrogens with zero attached hydrogens (tertiary/aromatic N) is 1. The molecular formula is C16H22ClNO3. The topological polar surface area (TPSA) is 41.9 Å². The third-order valence-electron chi connectivity index (χ3n) is 4.06. The van der Waals surface area contributed by atoms with Crippen LogP contribution >= 0.6 is 11.6 Å². The van der Waals surface area contributed by atoms with Crippen molar-refractivity contribution < 1.29 is 14.6 Å². The van der Waals surface area contributed by atoms with Gasteiger partial charge in [0.05, 0.1) is 24.3 Å². The largest absolute Gasteiger partial charge is 0.489 e. The van der Waals surface area contributed by atoms with E-state index in [-0.39, 0.29) is 6.10 Å². The van der Waals surface area contributed by atoms with Crippen LogP contribution < -0.4 is 9.47 Å². The van der Waals surface area contributed by atoms with Crippen molar-refractivity contribution in [1.82, 2.24) is 4.90 Å². The first-order valence-corrected chi connectivity index (χ1v) is 8.08. The molecule has 2 aliphatic rings. The second-order valence-corrected chi connectivity index (χ2v) is 6.21. The van der Waals surface area contributed by atoms with Crippen molar-refractivity contribution in [2.75, 3.05) is 32.8 Å². The predicted molar refractivity (Wildman–Crippen MR) is 82.4 cm³/mol. The van der Waals surface area contributed by atoms with Gasteiger partial charge in [-0.25, -0.2) is 0 Å². The molecule has 5 heteroatoms. The van der Waals surface area contributed by atoms with Crippen molar-refractivity contribution in [2.24, 2.45) is 0 Å². The van der Waals surface area contributed by atoms with Gasteiger partial charge in [0.1, 0.15) is 0 Å². The molecule has 0 aliphatic carbocycles. The van der Waals surface area contributed by atoms with Crippen molar-refractivity contribution in [3.63, 3.8) is 0 Å². The molecular weight excluding hydrogens is 290 g/mol. The van der Waals surface area contributed by atoms with Gasteiger partial charge in [-0.1, -0.05) is 11.6 Å². The van der Waals surface area contributed by atoms with Gasteiger partial charge >= 0.3 is 0 Å². The fourth-order valence-corrected chi connectivity index (χ4v) is 3.24. The Morgan fingerprint density at radius 2 is 2.10 bits per heavy atom. The molecule has 1 atom stereocenters. The highest BCUT2D eigenvalue weighted by atomic mass is 35.5. The van der Waals surface area contributed by atoms with Crippen LogP contribution in [-0.4, -0.2) is 49.0 Å². The third-order valence-corrected chi connectivity index (χ3v) is 4.34. The molecule has 0 aromatic heterocycles. The predicted octanol–water partition coefficient (Wildman–Crippen LogP) is 2.50. The van der Waals surface area contributed by atoms with E-state index in [1.165, 1.54) is 0 Å². The van der Waals surface area contributed by atoms with Crippen molar-refractivity contribution >= 4 is 11.6 Å². The molecule has 0 bridgehead atoms. The molecule has 2 heterocycles. The summed E-state index contributed by atoms with van der Waals surface area (Å²) < 4.78 is 11.4. The van der Waals surface area contributed by atoms with E-state index in [1.807, 2.05) is 12.1 Å². The minimum absolute atomic E-state index is 0.175. The summed E-state index contributed by atoms with van der Waals surface area (Å²) in [5.74, 6) is 1.43. The number of aliphatic hydroxyl groups excluding tert-OH is 1. The van der Waals surface area contributed by atoms with Crippen LogP contribution in [0.15, 0.2) is 12.1 Å². The maximum Gasteiger partial charge on any atom is 0.179 e. The molecule has 116 valence electrons. The second kappa shape index (κ2) is 6.86. The van der Waals surface area contributed by atoms with Gasteiger partial charge in [-0.3, -0.25) is 0 Å². The van der Waals surface area contributed by atoms with Crippen LogP contribution in [0.1, 0.15) is 24.8 Å². The molecule has 1 N–H and O–H groups in total. The van der Waals surface area contributed by atoms with Crippen LogP contribution in [-0.2, 0) is 6.42 Å². The molecule has 21 heavy (non-hydrogen) atoms. The van der Waals surface area contributed by atoms with Crippen molar-refractivity contribution in [2.45, 2.75) is 31.8 Å². The van der Waals surface area contributed by atoms with Crippen LogP contribution in [0.4, 0.5) is 0 Å². The first-order valence-electron chi connectivity index (χ1n) is 7.71. The van der Waals surface area contributed by atoms with Crippen molar-refractivity contribution in [3.05, 3.63) is 22.7 Å². The molecule has 0 amide bonds. The van der Waals surface area contributed by atoms with Gasteiger partial charge in [0.15, 0.2) is 11.5 Å². The van der Waals surface area contributed by atoms with E-state index in [0.717, 1.165) is 56.6 Å². The lowest BCUT2D eigenvalue weighted by Gasteiger charge is -2.29. The van der Waals surface area contributed by atoms with Crippen LogP contribution in [0.2, 0.25) is 5.02 Å². The van der Waals surface area contributed by atoms with E-state index in [2.05, 4.69) is 4.90 Å². The average Bonchev–Trinajstić information content (AvgIpc) is 2.71. The first-order chi connectivity index (χ1) is 10.2. The van der Waals surface area contributed by atoms with Gasteiger partial charge in [0, 0.05) is 19.5 Å². The van der Waals surface area contributed by atoms with Gasteiger partial charge < -0.3 is 19.5 Å². The molecule has 0 spiro atoms. The summed E-state index contributed by atoms with van der Waals surface area (Å²) in [6.45, 7) is 4.10. The highest BCUT2D eigenvalue weighted by molar-refractivity contribution is 6.32. The fraction of sp³-hybridized carbons (Fsp3) is 0.625. The minimum atomic E-state index is -0.175. The van der Waals surface area contributed by atoms with E-state index < -0.39 is 0 Å². The minimum Gasteiger partial charge on any atom is -0.489 e. The highest BCUT2D eigenvalue weighted by Crippen LogP contribution is 2.38. The Bertz CT molecular complexity index is 495. The molecule has 1 fully saturated rings. The van der Waals surface area contributed by atoms with Gasteiger partial charge in [0.25, 0.3) is 0 Å². The summed E-state index contributed by atoms with van der Waals surface area (Å²) in [6, 6.07) is 4.00. The maximum absolute atomic E-state index is 9.71. The Labute approximate surface area is 130 Å². The molecule has 1 saturated heterocycles. The lowest BCUT2D eigenvalue weighted by Crippen LogP contribution is -2.39. The van der Waals surface area contributed by atoms with E-state index >= 15 is 0 Å². The lowest BCUT2D eigenvalue weighted by atomic mass is 10.1. The molecule has 0 saturated carbocycles. The molecule has 1 aromatic carbocycles. The zero-order chi connectivity index (χ0) is 14.7. The number of fused-ring (bicyclic) bond motifs is 1.